The molecule has 5 heteroatoms. The minimum absolute atomic E-state index is 0.0336. The molecule has 3 rings (SSSR count). The molecule has 0 aromatic heterocycles. The molecule has 1 aliphatic heterocycles. The van der Waals surface area contributed by atoms with Gasteiger partial charge in [-0.3, -0.25) is 0 Å². The number of carbonyl (C=O) groups is 1. The molecular weight excluding hydrogens is 392 g/mol. The van der Waals surface area contributed by atoms with Gasteiger partial charge in [0.05, 0.1) is 33.5 Å². The average Bonchev–Trinajstić information content (AvgIpc) is 3.19. The van der Waals surface area contributed by atoms with E-state index in [2.05, 4.69) is 18.2 Å². The van der Waals surface area contributed by atoms with Gasteiger partial charge in [-0.1, -0.05) is 36.4 Å². The van der Waals surface area contributed by atoms with Gasteiger partial charge in [0.15, 0.2) is 11.5 Å². The van der Waals surface area contributed by atoms with Crippen molar-refractivity contribution >= 4 is 5.97 Å². The van der Waals surface area contributed by atoms with Gasteiger partial charge in [-0.05, 0) is 61.9 Å². The van der Waals surface area contributed by atoms with Gasteiger partial charge >= 0.3 is 5.97 Å². The van der Waals surface area contributed by atoms with Crippen molar-refractivity contribution in [3.05, 3.63) is 70.8 Å². The van der Waals surface area contributed by atoms with Crippen LogP contribution >= 0.6 is 0 Å². The number of benzene rings is 2. The monoisotopic (exact) mass is 424 g/mol. The Morgan fingerprint density at radius 1 is 1.16 bits per heavy atom. The van der Waals surface area contributed by atoms with Crippen LogP contribution in [0.4, 0.5) is 0 Å². The minimum Gasteiger partial charge on any atom is -0.493 e. The lowest BCUT2D eigenvalue weighted by molar-refractivity contribution is -0.141. The molecule has 166 valence electrons. The average molecular weight is 425 g/mol. The summed E-state index contributed by atoms with van der Waals surface area (Å²) in [6.07, 6.45) is 2.45. The fraction of sp³-hybridized carbons (Fsp3) is 0.423. The number of carbonyl (C=O) groups excluding carboxylic acids is 1. The van der Waals surface area contributed by atoms with Crippen molar-refractivity contribution in [3.63, 3.8) is 0 Å². The van der Waals surface area contributed by atoms with Crippen LogP contribution in [0, 0.1) is 18.8 Å². The molecule has 2 aromatic rings. The summed E-state index contributed by atoms with van der Waals surface area (Å²) >= 11 is 0. The topological polar surface area (TPSA) is 54.0 Å². The van der Waals surface area contributed by atoms with Crippen molar-refractivity contribution in [1.82, 2.24) is 0 Å². The quantitative estimate of drug-likeness (QED) is 0.438. The molecule has 3 atom stereocenters. The number of rotatable bonds is 8. The van der Waals surface area contributed by atoms with E-state index in [4.69, 9.17) is 18.9 Å². The normalized spacial score (nSPS) is 21.1. The molecule has 1 unspecified atom stereocenters. The number of hydrogen-bond acceptors (Lipinski definition) is 5. The second-order valence-corrected chi connectivity index (χ2v) is 8.01. The van der Waals surface area contributed by atoms with Crippen molar-refractivity contribution in [2.45, 2.75) is 33.3 Å². The van der Waals surface area contributed by atoms with E-state index in [9.17, 15) is 4.79 Å². The SMILES string of the molecule is C/C=C(/C)C(=O)OC[C@@H]1C(c2cc(C)c(OC)c(OC)c2)OC[C@@H]1Cc1ccccc1. The Hall–Kier alpha value is -2.79. The summed E-state index contributed by atoms with van der Waals surface area (Å²) in [6, 6.07) is 14.4. The van der Waals surface area contributed by atoms with Gasteiger partial charge in [0.25, 0.3) is 0 Å². The maximum absolute atomic E-state index is 12.3. The minimum atomic E-state index is -0.282. The number of aryl methyl sites for hydroxylation is 1. The molecule has 0 bridgehead atoms. The van der Waals surface area contributed by atoms with Gasteiger partial charge in [0, 0.05) is 11.5 Å². The van der Waals surface area contributed by atoms with E-state index in [1.807, 2.05) is 38.1 Å². The third-order valence-electron chi connectivity index (χ3n) is 6.00. The summed E-state index contributed by atoms with van der Waals surface area (Å²) in [6.45, 7) is 6.51. The number of esters is 1. The second kappa shape index (κ2) is 10.5. The number of hydrogen-bond donors (Lipinski definition) is 0. The highest BCUT2D eigenvalue weighted by atomic mass is 16.5. The van der Waals surface area contributed by atoms with Crippen LogP contribution in [-0.2, 0) is 20.7 Å². The van der Waals surface area contributed by atoms with E-state index < -0.39 is 0 Å². The van der Waals surface area contributed by atoms with Crippen LogP contribution in [0.25, 0.3) is 0 Å². The van der Waals surface area contributed by atoms with Gasteiger partial charge < -0.3 is 18.9 Å². The standard InChI is InChI=1S/C26H32O5/c1-6-17(2)26(27)31-16-22-21(13-19-10-8-7-9-11-19)15-30-25(22)20-12-18(3)24(29-5)23(14-20)28-4/h6-12,14,21-22,25H,13,15-16H2,1-5H3/b17-6-/t21-,22-,25?/m0/s1. The molecule has 5 nitrogen and oxygen atoms in total. The number of allylic oxidation sites excluding steroid dienone is 1. The molecule has 2 aromatic carbocycles. The van der Waals surface area contributed by atoms with Crippen LogP contribution in [0.3, 0.4) is 0 Å². The lowest BCUT2D eigenvalue weighted by Crippen LogP contribution is -2.24. The Bertz CT molecular complexity index is 919. The summed E-state index contributed by atoms with van der Waals surface area (Å²) < 4.78 is 23.0. The first-order valence-corrected chi connectivity index (χ1v) is 10.7. The predicted molar refractivity (Wildman–Crippen MR) is 120 cm³/mol. The molecule has 1 fully saturated rings. The zero-order valence-corrected chi connectivity index (χ0v) is 19.0. The van der Waals surface area contributed by atoms with Crippen molar-refractivity contribution in [1.29, 1.82) is 0 Å². The third kappa shape index (κ3) is 5.28. The van der Waals surface area contributed by atoms with Crippen molar-refractivity contribution in [3.8, 4) is 11.5 Å². The van der Waals surface area contributed by atoms with E-state index in [0.29, 0.717) is 24.5 Å². The maximum atomic E-state index is 12.3. The van der Waals surface area contributed by atoms with Gasteiger partial charge in [-0.15, -0.1) is 0 Å². The van der Waals surface area contributed by atoms with Crippen LogP contribution in [0.2, 0.25) is 0 Å². The molecule has 0 N–H and O–H groups in total. The van der Waals surface area contributed by atoms with Crippen LogP contribution in [0.1, 0.15) is 36.6 Å². The highest BCUT2D eigenvalue weighted by Gasteiger charge is 2.39. The summed E-state index contributed by atoms with van der Waals surface area (Å²) in [5.41, 5.74) is 3.85. The molecule has 0 radical (unpaired) electrons. The Balaban J connectivity index is 1.88. The summed E-state index contributed by atoms with van der Waals surface area (Å²) in [7, 11) is 3.27. The van der Waals surface area contributed by atoms with E-state index in [-0.39, 0.29) is 23.9 Å². The Morgan fingerprint density at radius 3 is 2.55 bits per heavy atom. The molecule has 31 heavy (non-hydrogen) atoms. The van der Waals surface area contributed by atoms with Gasteiger partial charge in [0.1, 0.15) is 0 Å². The van der Waals surface area contributed by atoms with Crippen molar-refractivity contribution in [2.75, 3.05) is 27.4 Å². The van der Waals surface area contributed by atoms with Gasteiger partial charge in [0.2, 0.25) is 0 Å². The van der Waals surface area contributed by atoms with Gasteiger partial charge in [-0.2, -0.15) is 0 Å². The summed E-state index contributed by atoms with van der Waals surface area (Å²) in [5, 5.41) is 0. The van der Waals surface area contributed by atoms with E-state index in [1.54, 1.807) is 27.2 Å². The smallest absolute Gasteiger partial charge is 0.333 e. The van der Waals surface area contributed by atoms with E-state index >= 15 is 0 Å². The fourth-order valence-electron chi connectivity index (χ4n) is 4.17. The lowest BCUT2D eigenvalue weighted by atomic mass is 9.84. The third-order valence-corrected chi connectivity index (χ3v) is 6.00. The molecular formula is C26H32O5. The highest BCUT2D eigenvalue weighted by molar-refractivity contribution is 5.87. The predicted octanol–water partition coefficient (Wildman–Crippen LogP) is 5.07. The second-order valence-electron chi connectivity index (χ2n) is 8.01. The Morgan fingerprint density at radius 2 is 1.90 bits per heavy atom. The number of ether oxygens (including phenoxy) is 4. The van der Waals surface area contributed by atoms with Crippen LogP contribution in [0.5, 0.6) is 11.5 Å². The molecule has 0 spiro atoms. The Kier molecular flexibility index (Phi) is 7.75. The van der Waals surface area contributed by atoms with Crippen LogP contribution < -0.4 is 9.47 Å². The maximum Gasteiger partial charge on any atom is 0.333 e. The Labute approximate surface area is 185 Å². The van der Waals surface area contributed by atoms with Crippen molar-refractivity contribution in [2.24, 2.45) is 11.8 Å². The molecule has 1 saturated heterocycles. The lowest BCUT2D eigenvalue weighted by Gasteiger charge is -2.24. The number of methoxy groups -OCH3 is 2. The summed E-state index contributed by atoms with van der Waals surface area (Å²) in [4.78, 5) is 12.3. The first kappa shape index (κ1) is 22.9. The largest absolute Gasteiger partial charge is 0.493 e. The van der Waals surface area contributed by atoms with E-state index in [1.165, 1.54) is 5.56 Å². The zero-order valence-electron chi connectivity index (χ0n) is 19.0. The zero-order chi connectivity index (χ0) is 22.4. The highest BCUT2D eigenvalue weighted by Crippen LogP contribution is 2.43. The molecule has 1 heterocycles. The van der Waals surface area contributed by atoms with E-state index in [0.717, 1.165) is 23.3 Å². The molecule has 0 amide bonds. The van der Waals surface area contributed by atoms with Crippen molar-refractivity contribution < 1.29 is 23.7 Å². The first-order chi connectivity index (χ1) is 15.0. The molecule has 0 saturated carbocycles. The van der Waals surface area contributed by atoms with Crippen LogP contribution in [0.15, 0.2) is 54.1 Å². The molecule has 1 aliphatic rings. The first-order valence-electron chi connectivity index (χ1n) is 10.7. The fourth-order valence-corrected chi connectivity index (χ4v) is 4.17. The van der Waals surface area contributed by atoms with Crippen LogP contribution in [-0.4, -0.2) is 33.4 Å². The van der Waals surface area contributed by atoms with Gasteiger partial charge in [-0.25, -0.2) is 4.79 Å². The molecule has 0 aliphatic carbocycles. The summed E-state index contributed by atoms with van der Waals surface area (Å²) in [5.74, 6) is 1.38.